The van der Waals surface area contributed by atoms with E-state index in [1.807, 2.05) is 30.3 Å². The van der Waals surface area contributed by atoms with Crippen LogP contribution < -0.4 is 4.74 Å². The highest BCUT2D eigenvalue weighted by Crippen LogP contribution is 2.26. The summed E-state index contributed by atoms with van der Waals surface area (Å²) < 4.78 is 7.32. The molecule has 0 saturated carbocycles. The minimum atomic E-state index is -1.00. The van der Waals surface area contributed by atoms with E-state index in [0.717, 1.165) is 11.3 Å². The lowest BCUT2D eigenvalue weighted by Gasteiger charge is -2.28. The number of benzene rings is 1. The van der Waals surface area contributed by atoms with Crippen LogP contribution in [0, 0.1) is 0 Å². The molecule has 2 N–H and O–H groups in total. The molecule has 0 bridgehead atoms. The highest BCUT2D eigenvalue weighted by atomic mass is 16.5. The van der Waals surface area contributed by atoms with Crippen molar-refractivity contribution in [1.82, 2.24) is 14.7 Å². The van der Waals surface area contributed by atoms with E-state index in [-0.39, 0.29) is 12.5 Å². The fourth-order valence-electron chi connectivity index (χ4n) is 3.14. The zero-order valence-corrected chi connectivity index (χ0v) is 14.1. The number of amides is 1. The minimum absolute atomic E-state index is 0.0849. The molecule has 2 aliphatic heterocycles. The Morgan fingerprint density at radius 2 is 2.15 bits per heavy atom. The van der Waals surface area contributed by atoms with Gasteiger partial charge in [-0.3, -0.25) is 9.48 Å². The van der Waals surface area contributed by atoms with Crippen molar-refractivity contribution in [2.75, 3.05) is 13.2 Å². The maximum Gasteiger partial charge on any atom is 0.254 e. The molecular weight excluding hydrogens is 334 g/mol. The zero-order valence-electron chi connectivity index (χ0n) is 14.1. The van der Waals surface area contributed by atoms with E-state index in [2.05, 4.69) is 5.10 Å². The summed E-state index contributed by atoms with van der Waals surface area (Å²) in [6.07, 6.45) is 4.03. The van der Waals surface area contributed by atoms with Gasteiger partial charge in [-0.1, -0.05) is 18.2 Å². The van der Waals surface area contributed by atoms with Gasteiger partial charge in [-0.15, -0.1) is 0 Å². The van der Waals surface area contributed by atoms with Gasteiger partial charge in [0.15, 0.2) is 0 Å². The topological polar surface area (TPSA) is 87.8 Å². The van der Waals surface area contributed by atoms with Gasteiger partial charge in [0, 0.05) is 17.7 Å². The average molecular weight is 353 g/mol. The molecule has 26 heavy (non-hydrogen) atoms. The van der Waals surface area contributed by atoms with Crippen molar-refractivity contribution in [2.24, 2.45) is 0 Å². The number of aliphatic hydroxyl groups is 2. The van der Waals surface area contributed by atoms with E-state index in [4.69, 9.17) is 9.84 Å². The lowest BCUT2D eigenvalue weighted by atomic mass is 10.1. The molecule has 0 unspecified atom stereocenters. The number of hydrogen-bond donors (Lipinski definition) is 2. The van der Waals surface area contributed by atoms with Crippen LogP contribution in [0.15, 0.2) is 48.2 Å². The van der Waals surface area contributed by atoms with E-state index in [1.54, 1.807) is 21.7 Å². The van der Waals surface area contributed by atoms with Gasteiger partial charge in [-0.05, 0) is 24.3 Å². The molecule has 7 nitrogen and oxygen atoms in total. The molecule has 1 aromatic heterocycles. The highest BCUT2D eigenvalue weighted by Gasteiger charge is 2.25. The van der Waals surface area contributed by atoms with Crippen LogP contribution in [0.4, 0.5) is 0 Å². The van der Waals surface area contributed by atoms with Crippen molar-refractivity contribution >= 4 is 12.0 Å². The maximum absolute atomic E-state index is 13.0. The molecule has 0 spiro atoms. The smallest absolute Gasteiger partial charge is 0.254 e. The van der Waals surface area contributed by atoms with E-state index < -0.39 is 6.10 Å². The Morgan fingerprint density at radius 1 is 1.31 bits per heavy atom. The maximum atomic E-state index is 13.0. The Hall–Kier alpha value is -2.90. The second-order valence-corrected chi connectivity index (χ2v) is 6.27. The summed E-state index contributed by atoms with van der Waals surface area (Å²) in [5.74, 6) is 0.629. The number of para-hydroxylation sites is 1. The van der Waals surface area contributed by atoms with E-state index >= 15 is 0 Å². The van der Waals surface area contributed by atoms with Crippen LogP contribution >= 0.6 is 0 Å². The second-order valence-electron chi connectivity index (χ2n) is 6.27. The number of aromatic nitrogens is 2. The van der Waals surface area contributed by atoms with Gasteiger partial charge in [-0.25, -0.2) is 0 Å². The number of carbonyl (C=O) groups is 1. The largest absolute Gasteiger partial charge is 0.464 e. The fraction of sp³-hybridized carbons (Fsp3) is 0.263. The molecule has 2 aliphatic rings. The minimum Gasteiger partial charge on any atom is -0.464 e. The third kappa shape index (κ3) is 3.02. The molecule has 1 amide bonds. The first kappa shape index (κ1) is 16.6. The summed E-state index contributed by atoms with van der Waals surface area (Å²) in [6.45, 7) is 1.09. The van der Waals surface area contributed by atoms with Gasteiger partial charge >= 0.3 is 0 Å². The molecular formula is C19H19N3O4. The van der Waals surface area contributed by atoms with Crippen molar-refractivity contribution in [3.63, 3.8) is 0 Å². The molecule has 4 rings (SSSR count). The standard InChI is InChI=1S/C19H19N3O4/c23-12-17(24)16-10-15-11-21(6-7-22(15)20-16)19(25)14-5-8-26-18-4-2-1-3-13(18)9-14/h1-5,8-10,17,23-24H,6-7,11-12H2/t17-/m1/s1. The average Bonchev–Trinajstić information content (AvgIpc) is 2.98. The van der Waals surface area contributed by atoms with Gasteiger partial charge in [0.2, 0.25) is 0 Å². The van der Waals surface area contributed by atoms with Crippen LogP contribution in [0.2, 0.25) is 0 Å². The van der Waals surface area contributed by atoms with Gasteiger partial charge < -0.3 is 19.8 Å². The van der Waals surface area contributed by atoms with E-state index in [0.29, 0.717) is 36.7 Å². The molecule has 2 aromatic rings. The molecule has 1 atom stereocenters. The van der Waals surface area contributed by atoms with Gasteiger partial charge in [0.1, 0.15) is 11.9 Å². The number of carbonyl (C=O) groups excluding carboxylic acids is 1. The number of nitrogens with zero attached hydrogens (tertiary/aromatic N) is 3. The van der Waals surface area contributed by atoms with Crippen molar-refractivity contribution in [3.05, 3.63) is 65.2 Å². The fourth-order valence-corrected chi connectivity index (χ4v) is 3.14. The molecule has 3 heterocycles. The molecule has 7 heteroatoms. The molecule has 0 radical (unpaired) electrons. The van der Waals surface area contributed by atoms with Gasteiger partial charge in [0.05, 0.1) is 37.3 Å². The van der Waals surface area contributed by atoms with Crippen molar-refractivity contribution in [1.29, 1.82) is 0 Å². The lowest BCUT2D eigenvalue weighted by molar-refractivity contribution is -0.128. The van der Waals surface area contributed by atoms with Gasteiger partial charge in [0.25, 0.3) is 5.91 Å². The SMILES string of the molecule is O=C(C1=Cc2ccccc2OC=C1)N1CCn2nc([C@H](O)CO)cc2C1. The lowest BCUT2D eigenvalue weighted by Crippen LogP contribution is -2.38. The zero-order chi connectivity index (χ0) is 18.1. The molecule has 0 aliphatic carbocycles. The predicted octanol–water partition coefficient (Wildman–Crippen LogP) is 1.24. The number of hydrogen-bond acceptors (Lipinski definition) is 5. The first-order valence-electron chi connectivity index (χ1n) is 8.44. The Labute approximate surface area is 150 Å². The van der Waals surface area contributed by atoms with Crippen LogP contribution in [-0.4, -0.2) is 44.0 Å². The summed E-state index contributed by atoms with van der Waals surface area (Å²) in [5.41, 5.74) is 2.67. The molecule has 134 valence electrons. The summed E-state index contributed by atoms with van der Waals surface area (Å²) in [5, 5.41) is 23.1. The third-order valence-electron chi connectivity index (χ3n) is 4.54. The Bertz CT molecular complexity index is 900. The number of rotatable bonds is 3. The van der Waals surface area contributed by atoms with Crippen molar-refractivity contribution in [2.45, 2.75) is 19.2 Å². The summed E-state index contributed by atoms with van der Waals surface area (Å²) in [7, 11) is 0. The molecule has 0 fully saturated rings. The normalized spacial score (nSPS) is 16.8. The van der Waals surface area contributed by atoms with Crippen LogP contribution in [-0.2, 0) is 17.9 Å². The Morgan fingerprint density at radius 3 is 3.00 bits per heavy atom. The Balaban J connectivity index is 1.56. The van der Waals surface area contributed by atoms with Gasteiger partial charge in [-0.2, -0.15) is 5.10 Å². The number of fused-ring (bicyclic) bond motifs is 2. The van der Waals surface area contributed by atoms with Crippen LogP contribution in [0.3, 0.4) is 0 Å². The monoisotopic (exact) mass is 353 g/mol. The quantitative estimate of drug-likeness (QED) is 0.867. The van der Waals surface area contributed by atoms with Crippen molar-refractivity contribution < 1.29 is 19.7 Å². The first-order valence-corrected chi connectivity index (χ1v) is 8.44. The summed E-state index contributed by atoms with van der Waals surface area (Å²) in [4.78, 5) is 14.7. The van der Waals surface area contributed by atoms with E-state index in [1.165, 1.54) is 6.26 Å². The number of aliphatic hydroxyl groups excluding tert-OH is 2. The molecule has 1 aromatic carbocycles. The third-order valence-corrected chi connectivity index (χ3v) is 4.54. The van der Waals surface area contributed by atoms with Crippen LogP contribution in [0.25, 0.3) is 6.08 Å². The predicted molar refractivity (Wildman–Crippen MR) is 93.9 cm³/mol. The number of ether oxygens (including phenoxy) is 1. The first-order chi connectivity index (χ1) is 12.7. The van der Waals surface area contributed by atoms with Crippen molar-refractivity contribution in [3.8, 4) is 5.75 Å². The highest BCUT2D eigenvalue weighted by molar-refractivity contribution is 6.01. The molecule has 0 saturated heterocycles. The van der Waals surface area contributed by atoms with Crippen LogP contribution in [0.5, 0.6) is 5.75 Å². The van der Waals surface area contributed by atoms with Crippen LogP contribution in [0.1, 0.15) is 23.1 Å². The Kier molecular flexibility index (Phi) is 4.32. The summed E-state index contributed by atoms with van der Waals surface area (Å²) >= 11 is 0. The van der Waals surface area contributed by atoms with E-state index in [9.17, 15) is 9.90 Å². The summed E-state index contributed by atoms with van der Waals surface area (Å²) in [6, 6.07) is 9.29. The second kappa shape index (κ2) is 6.78.